The molecule has 2 aromatic rings. The van der Waals surface area contributed by atoms with Crippen molar-refractivity contribution in [1.82, 2.24) is 19.4 Å². The predicted molar refractivity (Wildman–Crippen MR) is 49.6 cm³/mol. The highest BCUT2D eigenvalue weighted by molar-refractivity contribution is 5.66. The lowest BCUT2D eigenvalue weighted by atomic mass is 10.3. The molecular formula is C8H8N4O3. The van der Waals surface area contributed by atoms with Gasteiger partial charge in [-0.1, -0.05) is 0 Å². The topological polar surface area (TPSA) is 89.5 Å². The Balaban J connectivity index is 2.69. The summed E-state index contributed by atoms with van der Waals surface area (Å²) in [4.78, 5) is 22.2. The molecule has 0 spiro atoms. The van der Waals surface area contributed by atoms with Gasteiger partial charge in [0.15, 0.2) is 5.52 Å². The van der Waals surface area contributed by atoms with Crippen LogP contribution in [0.25, 0.3) is 5.52 Å². The van der Waals surface area contributed by atoms with Crippen molar-refractivity contribution in [3.05, 3.63) is 28.4 Å². The fourth-order valence-electron chi connectivity index (χ4n) is 1.32. The summed E-state index contributed by atoms with van der Waals surface area (Å²) in [5, 5.41) is 16.2. The Morgan fingerprint density at radius 1 is 1.53 bits per heavy atom. The Bertz CT molecular complexity index is 583. The van der Waals surface area contributed by atoms with Gasteiger partial charge >= 0.3 is 5.97 Å². The molecule has 2 aromatic heterocycles. The molecule has 0 fully saturated rings. The van der Waals surface area contributed by atoms with Gasteiger partial charge in [0.1, 0.15) is 12.9 Å². The number of hydrogen-bond acceptors (Lipinski definition) is 4. The first-order valence-corrected chi connectivity index (χ1v) is 4.21. The third-order valence-electron chi connectivity index (χ3n) is 2.00. The number of carbonyl (C=O) groups is 1. The van der Waals surface area contributed by atoms with Gasteiger partial charge in [-0.05, 0) is 6.92 Å². The van der Waals surface area contributed by atoms with E-state index in [4.69, 9.17) is 5.11 Å². The maximum atomic E-state index is 11.7. The van der Waals surface area contributed by atoms with E-state index < -0.39 is 18.1 Å². The van der Waals surface area contributed by atoms with E-state index in [0.29, 0.717) is 11.1 Å². The van der Waals surface area contributed by atoms with Crippen LogP contribution >= 0.6 is 0 Å². The molecule has 2 heterocycles. The van der Waals surface area contributed by atoms with E-state index in [1.807, 2.05) is 0 Å². The lowest BCUT2D eigenvalue weighted by molar-refractivity contribution is -0.137. The fourth-order valence-corrected chi connectivity index (χ4v) is 1.32. The van der Waals surface area contributed by atoms with Crippen LogP contribution in [0.2, 0.25) is 0 Å². The summed E-state index contributed by atoms with van der Waals surface area (Å²) in [6, 6.07) is 0. The summed E-state index contributed by atoms with van der Waals surface area (Å²) in [5.74, 6) is -1.08. The molecule has 1 N–H and O–H groups in total. The number of carboxylic acid groups (broad SMARTS) is 1. The quantitative estimate of drug-likeness (QED) is 0.703. The molecule has 15 heavy (non-hydrogen) atoms. The van der Waals surface area contributed by atoms with Gasteiger partial charge in [-0.15, -0.1) is 9.73 Å². The Morgan fingerprint density at radius 2 is 2.27 bits per heavy atom. The second-order valence-corrected chi connectivity index (χ2v) is 3.12. The molecule has 7 heteroatoms. The number of hydrogen-bond donors (Lipinski definition) is 1. The molecule has 2 rings (SSSR count). The average Bonchev–Trinajstić information content (AvgIpc) is 2.53. The molecule has 0 aliphatic heterocycles. The number of aryl methyl sites for hydroxylation is 1. The van der Waals surface area contributed by atoms with E-state index in [1.54, 1.807) is 6.92 Å². The van der Waals surface area contributed by atoms with E-state index >= 15 is 0 Å². The standard InChI is InChI=1S/C8H8N4O3/c1-5-2-9-12-7(5)8(15)11(4-10-12)3-6(13)14/h2,4H,3H2,1H3,(H,13,14). The van der Waals surface area contributed by atoms with Crippen LogP contribution in [-0.2, 0) is 11.3 Å². The molecule has 7 nitrogen and oxygen atoms in total. The Kier molecular flexibility index (Phi) is 2.00. The molecule has 0 atom stereocenters. The van der Waals surface area contributed by atoms with Crippen molar-refractivity contribution < 1.29 is 9.90 Å². The van der Waals surface area contributed by atoms with Gasteiger partial charge in [-0.2, -0.15) is 5.10 Å². The van der Waals surface area contributed by atoms with E-state index in [2.05, 4.69) is 10.2 Å². The second-order valence-electron chi connectivity index (χ2n) is 3.12. The maximum Gasteiger partial charge on any atom is 0.323 e. The van der Waals surface area contributed by atoms with Crippen molar-refractivity contribution in [1.29, 1.82) is 0 Å². The zero-order valence-corrected chi connectivity index (χ0v) is 7.91. The monoisotopic (exact) mass is 208 g/mol. The largest absolute Gasteiger partial charge is 0.480 e. The molecule has 0 aromatic carbocycles. The second kappa shape index (κ2) is 3.19. The average molecular weight is 208 g/mol. The maximum absolute atomic E-state index is 11.7. The SMILES string of the molecule is Cc1cnn2ncn(CC(=O)O)c(=O)c12. The number of aromatic nitrogens is 4. The number of carboxylic acids is 1. The van der Waals surface area contributed by atoms with Gasteiger partial charge in [0.2, 0.25) is 0 Å². The van der Waals surface area contributed by atoms with E-state index in [-0.39, 0.29) is 0 Å². The smallest absolute Gasteiger partial charge is 0.323 e. The van der Waals surface area contributed by atoms with E-state index in [0.717, 1.165) is 10.9 Å². The van der Waals surface area contributed by atoms with Crippen LogP contribution in [0.3, 0.4) is 0 Å². The summed E-state index contributed by atoms with van der Waals surface area (Å²) in [7, 11) is 0. The summed E-state index contributed by atoms with van der Waals surface area (Å²) in [5.41, 5.74) is 0.577. The molecule has 0 saturated heterocycles. The molecule has 0 aliphatic carbocycles. The highest BCUT2D eigenvalue weighted by Crippen LogP contribution is 2.00. The van der Waals surface area contributed by atoms with Crippen LogP contribution in [0.5, 0.6) is 0 Å². The minimum absolute atomic E-state index is 0.304. The molecule has 78 valence electrons. The van der Waals surface area contributed by atoms with Crippen molar-refractivity contribution in [2.75, 3.05) is 0 Å². The van der Waals surface area contributed by atoms with Crippen LogP contribution in [-0.4, -0.2) is 30.5 Å². The first-order chi connectivity index (χ1) is 7.09. The van der Waals surface area contributed by atoms with E-state index in [1.165, 1.54) is 10.8 Å². The van der Waals surface area contributed by atoms with Crippen molar-refractivity contribution in [3.63, 3.8) is 0 Å². The van der Waals surface area contributed by atoms with Crippen molar-refractivity contribution in [3.8, 4) is 0 Å². The molecule has 0 aliphatic rings. The lowest BCUT2D eigenvalue weighted by Gasteiger charge is -2.01. The summed E-state index contributed by atoms with van der Waals surface area (Å²) >= 11 is 0. The normalized spacial score (nSPS) is 10.7. The first kappa shape index (κ1) is 9.38. The van der Waals surface area contributed by atoms with E-state index in [9.17, 15) is 9.59 Å². The molecular weight excluding hydrogens is 200 g/mol. The number of aliphatic carboxylic acids is 1. The van der Waals surface area contributed by atoms with Crippen molar-refractivity contribution in [2.24, 2.45) is 0 Å². The van der Waals surface area contributed by atoms with Gasteiger partial charge in [0.25, 0.3) is 5.56 Å². The molecule has 0 unspecified atom stereocenters. The van der Waals surface area contributed by atoms with Crippen LogP contribution < -0.4 is 5.56 Å². The Hall–Kier alpha value is -2.18. The minimum Gasteiger partial charge on any atom is -0.480 e. The number of nitrogens with zero attached hydrogens (tertiary/aromatic N) is 4. The van der Waals surface area contributed by atoms with Gasteiger partial charge in [0.05, 0.1) is 6.20 Å². The van der Waals surface area contributed by atoms with Gasteiger partial charge in [-0.25, -0.2) is 0 Å². The molecule has 0 bridgehead atoms. The first-order valence-electron chi connectivity index (χ1n) is 4.21. The summed E-state index contributed by atoms with van der Waals surface area (Å²) < 4.78 is 2.22. The van der Waals surface area contributed by atoms with Crippen LogP contribution in [0, 0.1) is 6.92 Å². The van der Waals surface area contributed by atoms with Crippen molar-refractivity contribution >= 4 is 11.5 Å². The third-order valence-corrected chi connectivity index (χ3v) is 2.00. The highest BCUT2D eigenvalue weighted by atomic mass is 16.4. The number of fused-ring (bicyclic) bond motifs is 1. The van der Waals surface area contributed by atoms with Crippen LogP contribution in [0.4, 0.5) is 0 Å². The summed E-state index contributed by atoms with van der Waals surface area (Å²) in [6.07, 6.45) is 2.67. The minimum atomic E-state index is -1.08. The molecule has 0 saturated carbocycles. The highest BCUT2D eigenvalue weighted by Gasteiger charge is 2.09. The summed E-state index contributed by atoms with van der Waals surface area (Å²) in [6.45, 7) is 1.32. The van der Waals surface area contributed by atoms with Crippen molar-refractivity contribution in [2.45, 2.75) is 13.5 Å². The molecule has 0 radical (unpaired) electrons. The molecule has 0 amide bonds. The Morgan fingerprint density at radius 3 is 2.93 bits per heavy atom. The third kappa shape index (κ3) is 1.47. The van der Waals surface area contributed by atoms with Crippen LogP contribution in [0.15, 0.2) is 17.3 Å². The fraction of sp³-hybridized carbons (Fsp3) is 0.250. The van der Waals surface area contributed by atoms with Gasteiger partial charge in [-0.3, -0.25) is 14.2 Å². The zero-order chi connectivity index (χ0) is 11.0. The van der Waals surface area contributed by atoms with Crippen LogP contribution in [0.1, 0.15) is 5.56 Å². The van der Waals surface area contributed by atoms with Gasteiger partial charge < -0.3 is 5.11 Å². The predicted octanol–water partition coefficient (Wildman–Crippen LogP) is -0.716. The number of rotatable bonds is 2. The zero-order valence-electron chi connectivity index (χ0n) is 7.91. The lowest BCUT2D eigenvalue weighted by Crippen LogP contribution is -2.26. The van der Waals surface area contributed by atoms with Gasteiger partial charge in [0, 0.05) is 5.56 Å². The Labute approximate surface area is 83.6 Å².